The predicted molar refractivity (Wildman–Crippen MR) is 84.3 cm³/mol. The Morgan fingerprint density at radius 1 is 0.900 bits per heavy atom. The maximum absolute atomic E-state index is 4.35. The summed E-state index contributed by atoms with van der Waals surface area (Å²) in [7, 11) is 3.89. The summed E-state index contributed by atoms with van der Waals surface area (Å²) in [5, 5.41) is 0. The van der Waals surface area contributed by atoms with E-state index in [1.54, 1.807) is 0 Å². The van der Waals surface area contributed by atoms with Gasteiger partial charge in [-0.3, -0.25) is 0 Å². The van der Waals surface area contributed by atoms with Gasteiger partial charge in [0.25, 0.3) is 0 Å². The van der Waals surface area contributed by atoms with Crippen molar-refractivity contribution in [2.45, 2.75) is 32.6 Å². The molecule has 0 radical (unpaired) electrons. The van der Waals surface area contributed by atoms with E-state index in [2.05, 4.69) is 55.0 Å². The summed E-state index contributed by atoms with van der Waals surface area (Å²) >= 11 is 0. The molecule has 3 nitrogen and oxygen atoms in total. The molecular weight excluding hydrogens is 246 g/mol. The molecule has 0 amide bonds. The van der Waals surface area contributed by atoms with Crippen molar-refractivity contribution in [1.82, 2.24) is 9.97 Å². The predicted octanol–water partition coefficient (Wildman–Crippen LogP) is 3.43. The van der Waals surface area contributed by atoms with Crippen LogP contribution in [-0.4, -0.2) is 24.1 Å². The highest BCUT2D eigenvalue weighted by Gasteiger charge is 2.12. The zero-order chi connectivity index (χ0) is 14.8. The summed E-state index contributed by atoms with van der Waals surface area (Å²) < 4.78 is 0. The fraction of sp³-hybridized carbons (Fsp3) is 0.412. The van der Waals surface area contributed by atoms with E-state index in [1.165, 1.54) is 11.1 Å². The maximum Gasteiger partial charge on any atom is 0.224 e. The van der Waals surface area contributed by atoms with Gasteiger partial charge in [-0.15, -0.1) is 0 Å². The molecule has 0 spiro atoms. The molecule has 1 aromatic heterocycles. The highest BCUT2D eigenvalue weighted by atomic mass is 15.2. The molecule has 106 valence electrons. The Kier molecular flexibility index (Phi) is 4.07. The van der Waals surface area contributed by atoms with Crippen molar-refractivity contribution >= 4 is 5.95 Å². The summed E-state index contributed by atoms with van der Waals surface area (Å²) in [5.74, 6) is 0.747. The minimum atomic E-state index is 0.203. The summed E-state index contributed by atoms with van der Waals surface area (Å²) in [6.07, 6.45) is 4.68. The first kappa shape index (κ1) is 14.5. The average Bonchev–Trinajstić information content (AvgIpc) is 2.39. The maximum atomic E-state index is 4.35. The van der Waals surface area contributed by atoms with E-state index < -0.39 is 0 Å². The van der Waals surface area contributed by atoms with Crippen molar-refractivity contribution in [1.29, 1.82) is 0 Å². The summed E-state index contributed by atoms with van der Waals surface area (Å²) in [6.45, 7) is 6.70. The van der Waals surface area contributed by atoms with Gasteiger partial charge in [0.2, 0.25) is 5.95 Å². The molecule has 20 heavy (non-hydrogen) atoms. The van der Waals surface area contributed by atoms with Gasteiger partial charge in [0.05, 0.1) is 0 Å². The minimum Gasteiger partial charge on any atom is -0.347 e. The molecule has 1 aromatic carbocycles. The number of aromatic nitrogens is 2. The molecule has 0 unspecified atom stereocenters. The molecule has 2 rings (SSSR count). The van der Waals surface area contributed by atoms with Crippen LogP contribution in [0.1, 0.15) is 37.5 Å². The first-order valence-electron chi connectivity index (χ1n) is 6.94. The lowest BCUT2D eigenvalue weighted by atomic mass is 9.86. The summed E-state index contributed by atoms with van der Waals surface area (Å²) in [4.78, 5) is 10.6. The van der Waals surface area contributed by atoms with E-state index >= 15 is 0 Å². The Bertz CT molecular complexity index is 548. The van der Waals surface area contributed by atoms with Crippen LogP contribution in [0.4, 0.5) is 5.95 Å². The number of anilines is 1. The largest absolute Gasteiger partial charge is 0.347 e. The first-order chi connectivity index (χ1) is 9.36. The van der Waals surface area contributed by atoms with Crippen LogP contribution in [0.15, 0.2) is 36.7 Å². The van der Waals surface area contributed by atoms with Crippen molar-refractivity contribution < 1.29 is 0 Å². The Labute approximate surface area is 121 Å². The SMILES string of the molecule is CN(C)c1ncc(Cc2ccc(C(C)(C)C)cc2)cn1. The topological polar surface area (TPSA) is 29.0 Å². The van der Waals surface area contributed by atoms with Crippen LogP contribution >= 0.6 is 0 Å². The summed E-state index contributed by atoms with van der Waals surface area (Å²) in [6, 6.07) is 8.82. The van der Waals surface area contributed by atoms with Crippen molar-refractivity contribution in [3.63, 3.8) is 0 Å². The number of benzene rings is 1. The van der Waals surface area contributed by atoms with Crippen molar-refractivity contribution in [3.05, 3.63) is 53.3 Å². The van der Waals surface area contributed by atoms with E-state index in [1.807, 2.05) is 31.4 Å². The fourth-order valence-electron chi connectivity index (χ4n) is 2.03. The first-order valence-corrected chi connectivity index (χ1v) is 6.94. The standard InChI is InChI=1S/C17H23N3/c1-17(2,3)15-8-6-13(7-9-15)10-14-11-18-16(19-12-14)20(4)5/h6-9,11-12H,10H2,1-5H3. The minimum absolute atomic E-state index is 0.203. The molecule has 0 saturated carbocycles. The molecule has 2 aromatic rings. The molecule has 0 saturated heterocycles. The Morgan fingerprint density at radius 2 is 1.45 bits per heavy atom. The molecule has 0 aliphatic rings. The van der Waals surface area contributed by atoms with Crippen molar-refractivity contribution in [3.8, 4) is 0 Å². The third-order valence-electron chi connectivity index (χ3n) is 3.32. The molecule has 0 atom stereocenters. The Balaban J connectivity index is 2.10. The van der Waals surface area contributed by atoms with Crippen LogP contribution in [-0.2, 0) is 11.8 Å². The lowest BCUT2D eigenvalue weighted by Gasteiger charge is -2.19. The quantitative estimate of drug-likeness (QED) is 0.855. The van der Waals surface area contributed by atoms with Gasteiger partial charge in [-0.1, -0.05) is 45.0 Å². The van der Waals surface area contributed by atoms with Crippen LogP contribution < -0.4 is 4.90 Å². The molecule has 0 aliphatic carbocycles. The molecule has 3 heteroatoms. The van der Waals surface area contributed by atoms with E-state index in [0.29, 0.717) is 0 Å². The molecule has 0 aliphatic heterocycles. The van der Waals surface area contributed by atoms with Gasteiger partial charge in [-0.25, -0.2) is 9.97 Å². The highest BCUT2D eigenvalue weighted by molar-refractivity contribution is 5.32. The normalized spacial score (nSPS) is 11.4. The zero-order valence-corrected chi connectivity index (χ0v) is 13.0. The van der Waals surface area contributed by atoms with Crippen LogP contribution in [0, 0.1) is 0 Å². The number of rotatable bonds is 3. The van der Waals surface area contributed by atoms with Crippen LogP contribution in [0.2, 0.25) is 0 Å². The lowest BCUT2D eigenvalue weighted by molar-refractivity contribution is 0.590. The molecule has 0 N–H and O–H groups in total. The molecule has 0 bridgehead atoms. The number of nitrogens with zero attached hydrogens (tertiary/aromatic N) is 3. The molecule has 0 fully saturated rings. The highest BCUT2D eigenvalue weighted by Crippen LogP contribution is 2.22. The molecular formula is C17H23N3. The van der Waals surface area contributed by atoms with Crippen LogP contribution in [0.3, 0.4) is 0 Å². The Hall–Kier alpha value is -1.90. The van der Waals surface area contributed by atoms with E-state index in [4.69, 9.17) is 0 Å². The third kappa shape index (κ3) is 3.56. The number of hydrogen-bond acceptors (Lipinski definition) is 3. The monoisotopic (exact) mass is 269 g/mol. The van der Waals surface area contributed by atoms with Crippen LogP contribution in [0.25, 0.3) is 0 Å². The van der Waals surface area contributed by atoms with Crippen LogP contribution in [0.5, 0.6) is 0 Å². The fourth-order valence-corrected chi connectivity index (χ4v) is 2.03. The average molecular weight is 269 g/mol. The second-order valence-electron chi connectivity index (χ2n) is 6.41. The van der Waals surface area contributed by atoms with Crippen molar-refractivity contribution in [2.75, 3.05) is 19.0 Å². The molecule has 1 heterocycles. The second kappa shape index (κ2) is 5.61. The number of hydrogen-bond donors (Lipinski definition) is 0. The second-order valence-corrected chi connectivity index (χ2v) is 6.41. The van der Waals surface area contributed by atoms with Gasteiger partial charge in [-0.05, 0) is 22.1 Å². The van der Waals surface area contributed by atoms with Gasteiger partial charge in [0.1, 0.15) is 0 Å². The van der Waals surface area contributed by atoms with Gasteiger partial charge in [0, 0.05) is 32.9 Å². The van der Waals surface area contributed by atoms with E-state index in [0.717, 1.165) is 17.9 Å². The van der Waals surface area contributed by atoms with Crippen molar-refractivity contribution in [2.24, 2.45) is 0 Å². The van der Waals surface area contributed by atoms with Gasteiger partial charge >= 0.3 is 0 Å². The van der Waals surface area contributed by atoms with E-state index in [9.17, 15) is 0 Å². The smallest absolute Gasteiger partial charge is 0.224 e. The van der Waals surface area contributed by atoms with Gasteiger partial charge in [-0.2, -0.15) is 0 Å². The van der Waals surface area contributed by atoms with E-state index in [-0.39, 0.29) is 5.41 Å². The van der Waals surface area contributed by atoms with Gasteiger partial charge in [0.15, 0.2) is 0 Å². The third-order valence-corrected chi connectivity index (χ3v) is 3.32. The Morgan fingerprint density at radius 3 is 1.90 bits per heavy atom. The summed E-state index contributed by atoms with van der Waals surface area (Å²) in [5.41, 5.74) is 3.99. The lowest BCUT2D eigenvalue weighted by Crippen LogP contribution is -2.12. The zero-order valence-electron chi connectivity index (χ0n) is 13.0. The van der Waals surface area contributed by atoms with Gasteiger partial charge < -0.3 is 4.90 Å².